The summed E-state index contributed by atoms with van der Waals surface area (Å²) in [5.74, 6) is 0. The summed E-state index contributed by atoms with van der Waals surface area (Å²) in [7, 11) is 3.13. The fraction of sp³-hybridized carbons (Fsp3) is 0.800. The van der Waals surface area contributed by atoms with Gasteiger partial charge in [0.05, 0.1) is 12.3 Å². The van der Waals surface area contributed by atoms with Gasteiger partial charge in [0.25, 0.3) is 0 Å². The number of hydrogen-bond donors (Lipinski definition) is 0. The molecule has 0 aliphatic carbocycles. The van der Waals surface area contributed by atoms with Gasteiger partial charge in [0.1, 0.15) is 7.11 Å². The summed E-state index contributed by atoms with van der Waals surface area (Å²) in [5.41, 5.74) is 0.843. The Bertz CT molecular complexity index is 80.5. The predicted molar refractivity (Wildman–Crippen MR) is 32.0 cm³/mol. The highest BCUT2D eigenvalue weighted by atomic mass is 16.6. The van der Waals surface area contributed by atoms with Crippen molar-refractivity contribution >= 4 is 5.71 Å². The van der Waals surface area contributed by atoms with Crippen LogP contribution in [0.1, 0.15) is 6.92 Å². The number of oxime groups is 1. The van der Waals surface area contributed by atoms with Crippen molar-refractivity contribution in [1.29, 1.82) is 0 Å². The molecule has 0 radical (unpaired) electrons. The summed E-state index contributed by atoms with van der Waals surface area (Å²) in [6.45, 7) is 2.38. The van der Waals surface area contributed by atoms with Gasteiger partial charge in [-0.25, -0.2) is 0 Å². The second-order valence-corrected chi connectivity index (χ2v) is 1.44. The summed E-state index contributed by atoms with van der Waals surface area (Å²) >= 11 is 0. The standard InChI is InChI=1S/C5H11NO2/c1-5(4-7-2)6-8-3/h4H2,1-3H3/b6-5+. The van der Waals surface area contributed by atoms with Crippen LogP contribution in [0, 0.1) is 0 Å². The van der Waals surface area contributed by atoms with Gasteiger partial charge in [-0.05, 0) is 6.92 Å². The maximum atomic E-state index is 4.75. The Labute approximate surface area is 49.3 Å². The van der Waals surface area contributed by atoms with E-state index >= 15 is 0 Å². The molecule has 0 saturated heterocycles. The van der Waals surface area contributed by atoms with E-state index in [-0.39, 0.29) is 0 Å². The lowest BCUT2D eigenvalue weighted by atomic mass is 10.5. The normalized spacial score (nSPS) is 11.6. The Hall–Kier alpha value is -0.570. The molecular weight excluding hydrogens is 106 g/mol. The maximum absolute atomic E-state index is 4.75. The molecular formula is C5H11NO2. The Kier molecular flexibility index (Phi) is 4.26. The first kappa shape index (κ1) is 7.43. The SMILES string of the molecule is COC/C(C)=N/OC. The van der Waals surface area contributed by atoms with Crippen molar-refractivity contribution < 1.29 is 9.57 Å². The van der Waals surface area contributed by atoms with E-state index in [0.717, 1.165) is 5.71 Å². The molecule has 3 heteroatoms. The number of rotatable bonds is 3. The van der Waals surface area contributed by atoms with E-state index in [4.69, 9.17) is 4.74 Å². The summed E-state index contributed by atoms with van der Waals surface area (Å²) in [5, 5.41) is 3.61. The molecule has 8 heavy (non-hydrogen) atoms. The van der Waals surface area contributed by atoms with Crippen LogP contribution in [0.15, 0.2) is 5.16 Å². The number of hydrogen-bond acceptors (Lipinski definition) is 3. The van der Waals surface area contributed by atoms with Crippen LogP contribution < -0.4 is 0 Å². The first-order valence-corrected chi connectivity index (χ1v) is 2.36. The lowest BCUT2D eigenvalue weighted by molar-refractivity contribution is 0.200. The molecule has 0 aromatic heterocycles. The zero-order chi connectivity index (χ0) is 6.41. The van der Waals surface area contributed by atoms with E-state index in [1.165, 1.54) is 7.11 Å². The number of ether oxygens (including phenoxy) is 1. The average Bonchev–Trinajstić information content (AvgIpc) is 1.68. The number of nitrogens with zero attached hydrogens (tertiary/aromatic N) is 1. The fourth-order valence-corrected chi connectivity index (χ4v) is 0.391. The van der Waals surface area contributed by atoms with Gasteiger partial charge in [0.15, 0.2) is 0 Å². The Morgan fingerprint density at radius 3 is 2.50 bits per heavy atom. The molecule has 0 atom stereocenters. The van der Waals surface area contributed by atoms with E-state index in [1.54, 1.807) is 7.11 Å². The van der Waals surface area contributed by atoms with Gasteiger partial charge in [0.2, 0.25) is 0 Å². The molecule has 48 valence electrons. The van der Waals surface area contributed by atoms with Crippen molar-refractivity contribution in [3.05, 3.63) is 0 Å². The van der Waals surface area contributed by atoms with E-state index in [1.807, 2.05) is 6.92 Å². The summed E-state index contributed by atoms with van der Waals surface area (Å²) < 4.78 is 4.75. The molecule has 0 spiro atoms. The fourth-order valence-electron chi connectivity index (χ4n) is 0.391. The molecule has 3 nitrogen and oxygen atoms in total. The molecule has 0 amide bonds. The van der Waals surface area contributed by atoms with Gasteiger partial charge in [0, 0.05) is 7.11 Å². The molecule has 0 aliphatic rings. The molecule has 0 unspecified atom stereocenters. The van der Waals surface area contributed by atoms with E-state index in [0.29, 0.717) is 6.61 Å². The second kappa shape index (κ2) is 4.59. The number of methoxy groups -OCH3 is 1. The van der Waals surface area contributed by atoms with Crippen LogP contribution in [0.4, 0.5) is 0 Å². The molecule has 0 saturated carbocycles. The Morgan fingerprint density at radius 1 is 1.50 bits per heavy atom. The molecule has 0 aromatic carbocycles. The van der Waals surface area contributed by atoms with Crippen LogP contribution in [-0.4, -0.2) is 26.5 Å². The quantitative estimate of drug-likeness (QED) is 0.401. The third kappa shape index (κ3) is 3.61. The van der Waals surface area contributed by atoms with Crippen molar-refractivity contribution in [3.8, 4) is 0 Å². The molecule has 0 aromatic rings. The molecule has 0 bridgehead atoms. The van der Waals surface area contributed by atoms with E-state index in [9.17, 15) is 0 Å². The van der Waals surface area contributed by atoms with Crippen molar-refractivity contribution in [1.82, 2.24) is 0 Å². The highest BCUT2D eigenvalue weighted by Crippen LogP contribution is 1.77. The lowest BCUT2D eigenvalue weighted by Gasteiger charge is -1.94. The van der Waals surface area contributed by atoms with Crippen LogP contribution in [0.3, 0.4) is 0 Å². The van der Waals surface area contributed by atoms with Gasteiger partial charge in [-0.2, -0.15) is 0 Å². The summed E-state index contributed by atoms with van der Waals surface area (Å²) in [4.78, 5) is 4.46. The average molecular weight is 117 g/mol. The van der Waals surface area contributed by atoms with Crippen LogP contribution in [-0.2, 0) is 9.57 Å². The second-order valence-electron chi connectivity index (χ2n) is 1.44. The first-order chi connectivity index (χ1) is 3.81. The van der Waals surface area contributed by atoms with Gasteiger partial charge >= 0.3 is 0 Å². The van der Waals surface area contributed by atoms with E-state index < -0.39 is 0 Å². The maximum Gasteiger partial charge on any atom is 0.106 e. The molecule has 0 aliphatic heterocycles. The largest absolute Gasteiger partial charge is 0.399 e. The minimum absolute atomic E-state index is 0.536. The van der Waals surface area contributed by atoms with Crippen LogP contribution in [0.2, 0.25) is 0 Å². The van der Waals surface area contributed by atoms with E-state index in [2.05, 4.69) is 9.99 Å². The van der Waals surface area contributed by atoms with Crippen molar-refractivity contribution in [2.24, 2.45) is 5.16 Å². The first-order valence-electron chi connectivity index (χ1n) is 2.36. The Morgan fingerprint density at radius 2 is 2.12 bits per heavy atom. The van der Waals surface area contributed by atoms with Gasteiger partial charge in [-0.15, -0.1) is 0 Å². The third-order valence-electron chi connectivity index (χ3n) is 0.600. The topological polar surface area (TPSA) is 30.8 Å². The molecule has 0 rings (SSSR count). The third-order valence-corrected chi connectivity index (χ3v) is 0.600. The minimum atomic E-state index is 0.536. The highest BCUT2D eigenvalue weighted by molar-refractivity contribution is 5.82. The zero-order valence-corrected chi connectivity index (χ0v) is 5.47. The van der Waals surface area contributed by atoms with Crippen molar-refractivity contribution in [2.45, 2.75) is 6.92 Å². The highest BCUT2D eigenvalue weighted by Gasteiger charge is 1.85. The van der Waals surface area contributed by atoms with Crippen LogP contribution in [0.25, 0.3) is 0 Å². The van der Waals surface area contributed by atoms with Gasteiger partial charge in [-0.1, -0.05) is 5.16 Å². The summed E-state index contributed by atoms with van der Waals surface area (Å²) in [6.07, 6.45) is 0. The predicted octanol–water partition coefficient (Wildman–Crippen LogP) is 0.655. The monoisotopic (exact) mass is 117 g/mol. The summed E-state index contributed by atoms with van der Waals surface area (Å²) in [6, 6.07) is 0. The lowest BCUT2D eigenvalue weighted by Crippen LogP contribution is -2.01. The molecule has 0 heterocycles. The van der Waals surface area contributed by atoms with Crippen LogP contribution in [0.5, 0.6) is 0 Å². The van der Waals surface area contributed by atoms with Gasteiger partial charge < -0.3 is 9.57 Å². The molecule has 0 fully saturated rings. The zero-order valence-electron chi connectivity index (χ0n) is 5.47. The Balaban J connectivity index is 3.29. The minimum Gasteiger partial charge on any atom is -0.399 e. The van der Waals surface area contributed by atoms with Crippen LogP contribution >= 0.6 is 0 Å². The smallest absolute Gasteiger partial charge is 0.106 e. The van der Waals surface area contributed by atoms with Gasteiger partial charge in [-0.3, -0.25) is 0 Å². The van der Waals surface area contributed by atoms with Crippen molar-refractivity contribution in [3.63, 3.8) is 0 Å². The molecule has 0 N–H and O–H groups in total. The van der Waals surface area contributed by atoms with Crippen molar-refractivity contribution in [2.75, 3.05) is 20.8 Å².